The zero-order chi connectivity index (χ0) is 28.0. The number of aryl methyl sites for hydroxylation is 2. The van der Waals surface area contributed by atoms with E-state index in [2.05, 4.69) is 25.3 Å². The van der Waals surface area contributed by atoms with Gasteiger partial charge in [-0.25, -0.2) is 14.6 Å². The quantitative estimate of drug-likeness (QED) is 0.322. The summed E-state index contributed by atoms with van der Waals surface area (Å²) in [6, 6.07) is 7.97. The van der Waals surface area contributed by atoms with E-state index in [1.54, 1.807) is 31.2 Å². The predicted molar refractivity (Wildman–Crippen MR) is 150 cm³/mol. The van der Waals surface area contributed by atoms with Crippen LogP contribution >= 0.6 is 11.6 Å². The van der Waals surface area contributed by atoms with Gasteiger partial charge >= 0.3 is 0 Å². The second-order valence-corrected chi connectivity index (χ2v) is 10.7. The molecule has 0 bridgehead atoms. The number of hydrogen-bond acceptors (Lipinski definition) is 8. The molecule has 12 heteroatoms. The predicted octanol–water partition coefficient (Wildman–Crippen LogP) is 3.39. The van der Waals surface area contributed by atoms with Gasteiger partial charge in [0.25, 0.3) is 0 Å². The zero-order valence-electron chi connectivity index (χ0n) is 23.0. The van der Waals surface area contributed by atoms with E-state index in [0.717, 1.165) is 42.7 Å². The maximum absolute atomic E-state index is 12.4. The van der Waals surface area contributed by atoms with Crippen molar-refractivity contribution in [2.45, 2.75) is 38.0 Å². The lowest BCUT2D eigenvalue weighted by molar-refractivity contribution is 0.108. The lowest BCUT2D eigenvalue weighted by atomic mass is 9.86. The molecule has 4 aromatic heterocycles. The number of halogens is 1. The molecule has 0 aliphatic carbocycles. The van der Waals surface area contributed by atoms with Gasteiger partial charge in [0, 0.05) is 57.1 Å². The Morgan fingerprint density at radius 3 is 2.58 bits per heavy atom. The highest BCUT2D eigenvalue weighted by Crippen LogP contribution is 2.40. The standard InChI is InChI=1S/C28H32ClN9O2/c1-18-30-15-24(35(18)2)28(39,25-16-31-34-36(25)3)19-6-7-23-21(14-19)26(29)22(27(33-23)40-4)17-37-12-8-20(9-13-37)38-11-5-10-32-38/h5-7,10-11,14-16,20,39H,8-9,12-13,17H2,1-4H3/t28-/m1/s1. The number of methoxy groups -OCH3 is 1. The molecule has 0 unspecified atom stereocenters. The number of aromatic nitrogens is 8. The summed E-state index contributed by atoms with van der Waals surface area (Å²) in [4.78, 5) is 11.6. The smallest absolute Gasteiger partial charge is 0.219 e. The SMILES string of the molecule is COc1nc2ccc([C@](O)(c3cnnn3C)c3cnc(C)n3C)cc2c(Cl)c1CN1CCC(n2cccn2)CC1. The van der Waals surface area contributed by atoms with E-state index in [-0.39, 0.29) is 0 Å². The number of piperidine rings is 1. The monoisotopic (exact) mass is 561 g/mol. The van der Waals surface area contributed by atoms with Gasteiger partial charge in [-0.2, -0.15) is 5.10 Å². The normalized spacial score (nSPS) is 16.4. The van der Waals surface area contributed by atoms with Crippen LogP contribution in [0.15, 0.2) is 49.1 Å². The van der Waals surface area contributed by atoms with Crippen molar-refractivity contribution in [1.82, 2.24) is 44.2 Å². The highest BCUT2D eigenvalue weighted by Gasteiger charge is 2.40. The minimum Gasteiger partial charge on any atom is -0.481 e. The Kier molecular flexibility index (Phi) is 6.81. The van der Waals surface area contributed by atoms with E-state index in [4.69, 9.17) is 21.3 Å². The van der Waals surface area contributed by atoms with Crippen molar-refractivity contribution in [2.24, 2.45) is 14.1 Å². The van der Waals surface area contributed by atoms with Crippen LogP contribution in [-0.4, -0.2) is 69.5 Å². The molecular formula is C28H32ClN9O2. The van der Waals surface area contributed by atoms with Crippen LogP contribution in [0.5, 0.6) is 5.88 Å². The highest BCUT2D eigenvalue weighted by molar-refractivity contribution is 6.36. The lowest BCUT2D eigenvalue weighted by Gasteiger charge is -2.32. The van der Waals surface area contributed by atoms with Gasteiger partial charge in [-0.3, -0.25) is 9.58 Å². The van der Waals surface area contributed by atoms with Crippen LogP contribution in [0, 0.1) is 6.92 Å². The Balaban J connectivity index is 1.40. The van der Waals surface area contributed by atoms with E-state index in [9.17, 15) is 5.11 Å². The summed E-state index contributed by atoms with van der Waals surface area (Å²) in [5.41, 5.74) is 1.63. The Bertz CT molecular complexity index is 1650. The second-order valence-electron chi connectivity index (χ2n) is 10.3. The number of hydrogen-bond donors (Lipinski definition) is 1. The fourth-order valence-corrected chi connectivity index (χ4v) is 6.01. The van der Waals surface area contributed by atoms with E-state index < -0.39 is 5.60 Å². The van der Waals surface area contributed by atoms with Crippen molar-refractivity contribution in [3.05, 3.63) is 82.4 Å². The van der Waals surface area contributed by atoms with E-state index >= 15 is 0 Å². The maximum atomic E-state index is 12.4. The molecule has 208 valence electrons. The zero-order valence-corrected chi connectivity index (χ0v) is 23.7. The summed E-state index contributed by atoms with van der Waals surface area (Å²) in [7, 11) is 5.25. The molecule has 0 radical (unpaired) electrons. The van der Waals surface area contributed by atoms with Gasteiger partial charge in [-0.1, -0.05) is 22.9 Å². The fraction of sp³-hybridized carbons (Fsp3) is 0.393. The summed E-state index contributed by atoms with van der Waals surface area (Å²) >= 11 is 7.12. The summed E-state index contributed by atoms with van der Waals surface area (Å²) in [5.74, 6) is 1.28. The third-order valence-electron chi connectivity index (χ3n) is 8.10. The van der Waals surface area contributed by atoms with E-state index in [0.29, 0.717) is 46.0 Å². The first-order valence-electron chi connectivity index (χ1n) is 13.3. The van der Waals surface area contributed by atoms with E-state index in [1.165, 1.54) is 0 Å². The largest absolute Gasteiger partial charge is 0.481 e. The minimum absolute atomic E-state index is 0.399. The molecule has 1 aromatic carbocycles. The fourth-order valence-electron chi connectivity index (χ4n) is 5.72. The van der Waals surface area contributed by atoms with Gasteiger partial charge in [-0.05, 0) is 43.5 Å². The number of pyridine rings is 1. The Morgan fingerprint density at radius 1 is 1.15 bits per heavy atom. The molecular weight excluding hydrogens is 530 g/mol. The number of ether oxygens (including phenoxy) is 1. The first-order chi connectivity index (χ1) is 19.3. The third-order valence-corrected chi connectivity index (χ3v) is 8.54. The van der Waals surface area contributed by atoms with Crippen LogP contribution in [0.2, 0.25) is 5.02 Å². The number of fused-ring (bicyclic) bond motifs is 1. The molecule has 1 atom stereocenters. The topological polar surface area (TPSA) is 112 Å². The molecule has 0 saturated carbocycles. The molecule has 40 heavy (non-hydrogen) atoms. The molecule has 1 saturated heterocycles. The second kappa shape index (κ2) is 10.3. The van der Waals surface area contributed by atoms with Crippen LogP contribution in [0.4, 0.5) is 0 Å². The molecule has 0 amide bonds. The van der Waals surface area contributed by atoms with Crippen LogP contribution in [0.3, 0.4) is 0 Å². The van der Waals surface area contributed by atoms with Crippen molar-refractivity contribution in [2.75, 3.05) is 20.2 Å². The average molecular weight is 562 g/mol. The van der Waals surface area contributed by atoms with Crippen molar-refractivity contribution in [3.63, 3.8) is 0 Å². The maximum Gasteiger partial charge on any atom is 0.219 e. The van der Waals surface area contributed by atoms with Crippen LogP contribution < -0.4 is 4.74 Å². The molecule has 5 heterocycles. The average Bonchev–Trinajstić information content (AvgIpc) is 3.73. The van der Waals surface area contributed by atoms with Gasteiger partial charge in [-0.15, -0.1) is 5.10 Å². The molecule has 5 aromatic rings. The molecule has 1 fully saturated rings. The Labute approximate surface area is 237 Å². The molecule has 0 spiro atoms. The number of nitrogens with zero attached hydrogens (tertiary/aromatic N) is 9. The van der Waals surface area contributed by atoms with E-state index in [1.807, 2.05) is 59.9 Å². The van der Waals surface area contributed by atoms with Gasteiger partial charge in [0.2, 0.25) is 5.88 Å². The summed E-state index contributed by atoms with van der Waals surface area (Å²) in [6.45, 7) is 4.32. The molecule has 11 nitrogen and oxygen atoms in total. The van der Waals surface area contributed by atoms with Crippen LogP contribution in [-0.2, 0) is 26.2 Å². The first kappa shape index (κ1) is 26.4. The first-order valence-corrected chi connectivity index (χ1v) is 13.6. The van der Waals surface area contributed by atoms with Crippen molar-refractivity contribution >= 4 is 22.5 Å². The molecule has 6 rings (SSSR count). The van der Waals surface area contributed by atoms with Gasteiger partial charge in [0.15, 0.2) is 5.60 Å². The van der Waals surface area contributed by atoms with Crippen molar-refractivity contribution in [3.8, 4) is 5.88 Å². The molecule has 1 N–H and O–H groups in total. The summed E-state index contributed by atoms with van der Waals surface area (Å²) in [6.07, 6.45) is 9.11. The van der Waals surface area contributed by atoms with Crippen molar-refractivity contribution < 1.29 is 9.84 Å². The summed E-state index contributed by atoms with van der Waals surface area (Å²) < 4.78 is 11.2. The number of rotatable bonds is 7. The Morgan fingerprint density at radius 2 is 1.95 bits per heavy atom. The van der Waals surface area contributed by atoms with Crippen LogP contribution in [0.1, 0.15) is 47.2 Å². The van der Waals surface area contributed by atoms with Gasteiger partial charge in [0.1, 0.15) is 11.5 Å². The minimum atomic E-state index is -1.58. The highest BCUT2D eigenvalue weighted by atomic mass is 35.5. The van der Waals surface area contributed by atoms with Gasteiger partial charge < -0.3 is 14.4 Å². The molecule has 1 aliphatic heterocycles. The van der Waals surface area contributed by atoms with Crippen LogP contribution in [0.25, 0.3) is 10.9 Å². The molecule has 1 aliphatic rings. The number of benzene rings is 1. The lowest BCUT2D eigenvalue weighted by Crippen LogP contribution is -2.34. The Hall–Kier alpha value is -3.80. The van der Waals surface area contributed by atoms with Gasteiger partial charge in [0.05, 0.1) is 41.8 Å². The third kappa shape index (κ3) is 4.34. The number of aliphatic hydroxyl groups is 1. The summed E-state index contributed by atoms with van der Waals surface area (Å²) in [5, 5.41) is 26.2. The number of likely N-dealkylation sites (tertiary alicyclic amines) is 1. The number of imidazole rings is 1. The van der Waals surface area contributed by atoms with Crippen molar-refractivity contribution in [1.29, 1.82) is 0 Å².